The van der Waals surface area contributed by atoms with Crippen LogP contribution in [0, 0.1) is 5.41 Å². The zero-order valence-electron chi connectivity index (χ0n) is 11.2. The quantitative estimate of drug-likeness (QED) is 0.784. The van der Waals surface area contributed by atoms with E-state index in [9.17, 15) is 13.2 Å². The molecule has 18 heavy (non-hydrogen) atoms. The number of aliphatic carboxylic acids is 1. The third-order valence-corrected chi connectivity index (χ3v) is 5.54. The predicted octanol–water partition coefficient (Wildman–Crippen LogP) is 0.998. The van der Waals surface area contributed by atoms with Crippen molar-refractivity contribution in [2.45, 2.75) is 33.1 Å². The summed E-state index contributed by atoms with van der Waals surface area (Å²) in [5, 5.41) is 9.10. The molecule has 0 radical (unpaired) electrons. The first-order valence-electron chi connectivity index (χ1n) is 6.45. The van der Waals surface area contributed by atoms with E-state index in [2.05, 4.69) is 4.90 Å². The van der Waals surface area contributed by atoms with E-state index < -0.39 is 21.2 Å². The minimum atomic E-state index is -2.93. The molecule has 0 spiro atoms. The summed E-state index contributed by atoms with van der Waals surface area (Å²) in [6, 6.07) is 0. The first-order valence-corrected chi connectivity index (χ1v) is 8.27. The van der Waals surface area contributed by atoms with E-state index in [0.717, 1.165) is 0 Å². The first kappa shape index (κ1) is 15.4. The van der Waals surface area contributed by atoms with Gasteiger partial charge >= 0.3 is 5.97 Å². The average molecular weight is 277 g/mol. The van der Waals surface area contributed by atoms with Crippen molar-refractivity contribution < 1.29 is 18.3 Å². The number of hydrogen-bond acceptors (Lipinski definition) is 4. The Morgan fingerprint density at radius 3 is 2.28 bits per heavy atom. The van der Waals surface area contributed by atoms with E-state index in [1.165, 1.54) is 0 Å². The molecule has 0 aliphatic carbocycles. The highest BCUT2D eigenvalue weighted by Gasteiger charge is 2.36. The fourth-order valence-corrected chi connectivity index (χ4v) is 3.53. The molecule has 6 heteroatoms. The van der Waals surface area contributed by atoms with Crippen LogP contribution in [0.3, 0.4) is 0 Å². The lowest BCUT2D eigenvalue weighted by Crippen LogP contribution is -2.44. The zero-order valence-corrected chi connectivity index (χ0v) is 12.0. The molecule has 0 amide bonds. The summed E-state index contributed by atoms with van der Waals surface area (Å²) in [6.07, 6.45) is 1.84. The van der Waals surface area contributed by atoms with Crippen LogP contribution in [-0.2, 0) is 14.6 Å². The molecule has 0 bridgehead atoms. The molecule has 0 aromatic rings. The van der Waals surface area contributed by atoms with Crippen LogP contribution in [0.15, 0.2) is 0 Å². The number of piperidine rings is 1. The maximum Gasteiger partial charge on any atom is 0.309 e. The van der Waals surface area contributed by atoms with E-state index in [1.807, 2.05) is 6.92 Å². The Balaban J connectivity index is 2.39. The van der Waals surface area contributed by atoms with E-state index in [4.69, 9.17) is 5.11 Å². The van der Waals surface area contributed by atoms with Crippen LogP contribution in [0.5, 0.6) is 0 Å². The van der Waals surface area contributed by atoms with Gasteiger partial charge in [0.1, 0.15) is 0 Å². The number of sulfone groups is 1. The first-order chi connectivity index (χ1) is 8.29. The molecule has 1 N–H and O–H groups in total. The summed E-state index contributed by atoms with van der Waals surface area (Å²) in [6.45, 7) is 5.49. The number of carboxylic acids is 1. The molecule has 0 aromatic carbocycles. The lowest BCUT2D eigenvalue weighted by Gasteiger charge is -2.36. The van der Waals surface area contributed by atoms with Gasteiger partial charge in [0.05, 0.1) is 11.2 Å². The molecule has 1 fully saturated rings. The fourth-order valence-electron chi connectivity index (χ4n) is 2.17. The predicted molar refractivity (Wildman–Crippen MR) is 70.4 cm³/mol. The van der Waals surface area contributed by atoms with Crippen LogP contribution in [0.25, 0.3) is 0 Å². The summed E-state index contributed by atoms with van der Waals surface area (Å²) in [5.41, 5.74) is -0.640. The van der Waals surface area contributed by atoms with Gasteiger partial charge in [-0.05, 0) is 39.3 Å². The average Bonchev–Trinajstić information content (AvgIpc) is 2.28. The highest BCUT2D eigenvalue weighted by Crippen LogP contribution is 2.30. The van der Waals surface area contributed by atoms with Gasteiger partial charge in [-0.1, -0.05) is 6.92 Å². The van der Waals surface area contributed by atoms with Crippen molar-refractivity contribution in [2.75, 3.05) is 31.1 Å². The Labute approximate surface area is 109 Å². The van der Waals surface area contributed by atoms with Gasteiger partial charge in [-0.25, -0.2) is 8.42 Å². The summed E-state index contributed by atoms with van der Waals surface area (Å²) < 4.78 is 23.2. The molecule has 0 unspecified atom stereocenters. The lowest BCUT2D eigenvalue weighted by molar-refractivity contribution is -0.150. The van der Waals surface area contributed by atoms with Crippen molar-refractivity contribution in [2.24, 2.45) is 5.41 Å². The van der Waals surface area contributed by atoms with Crippen molar-refractivity contribution >= 4 is 15.8 Å². The van der Waals surface area contributed by atoms with E-state index in [0.29, 0.717) is 38.9 Å². The molecule has 0 atom stereocenters. The molecule has 1 saturated heterocycles. The SMILES string of the molecule is CCCS(=O)(=O)CCN1CCC(C)(C(=O)O)CC1. The number of carbonyl (C=O) groups is 1. The Morgan fingerprint density at radius 2 is 1.83 bits per heavy atom. The monoisotopic (exact) mass is 277 g/mol. The van der Waals surface area contributed by atoms with Gasteiger partial charge in [-0.2, -0.15) is 0 Å². The standard InChI is InChI=1S/C12H23NO4S/c1-3-9-18(16,17)10-8-13-6-4-12(2,5-7-13)11(14)15/h3-10H2,1-2H3,(H,14,15). The Kier molecular flexibility index (Phi) is 5.16. The van der Waals surface area contributed by atoms with Crippen LogP contribution in [0.1, 0.15) is 33.1 Å². The van der Waals surface area contributed by atoms with E-state index >= 15 is 0 Å². The van der Waals surface area contributed by atoms with Crippen molar-refractivity contribution in [1.29, 1.82) is 0 Å². The van der Waals surface area contributed by atoms with Crippen LogP contribution < -0.4 is 0 Å². The van der Waals surface area contributed by atoms with E-state index in [-0.39, 0.29) is 11.5 Å². The molecule has 1 heterocycles. The van der Waals surface area contributed by atoms with Gasteiger partial charge in [0, 0.05) is 12.3 Å². The highest BCUT2D eigenvalue weighted by molar-refractivity contribution is 7.91. The highest BCUT2D eigenvalue weighted by atomic mass is 32.2. The maximum absolute atomic E-state index is 11.6. The molecule has 0 saturated carbocycles. The second-order valence-corrected chi connectivity index (χ2v) is 7.66. The summed E-state index contributed by atoms with van der Waals surface area (Å²) >= 11 is 0. The minimum absolute atomic E-state index is 0.185. The topological polar surface area (TPSA) is 74.7 Å². The number of carboxylic acid groups (broad SMARTS) is 1. The lowest BCUT2D eigenvalue weighted by atomic mass is 9.80. The van der Waals surface area contributed by atoms with Crippen molar-refractivity contribution in [3.05, 3.63) is 0 Å². The van der Waals surface area contributed by atoms with E-state index in [1.54, 1.807) is 6.92 Å². The summed E-state index contributed by atoms with van der Waals surface area (Å²) in [5.74, 6) is -0.320. The van der Waals surface area contributed by atoms with Crippen molar-refractivity contribution in [3.8, 4) is 0 Å². The molecule has 106 valence electrons. The second kappa shape index (κ2) is 6.02. The molecule has 1 rings (SSSR count). The third-order valence-electron chi connectivity index (χ3n) is 3.71. The number of likely N-dealkylation sites (tertiary alicyclic amines) is 1. The molecular weight excluding hydrogens is 254 g/mol. The zero-order chi connectivity index (χ0) is 13.8. The number of rotatable bonds is 6. The Bertz CT molecular complexity index is 383. The van der Waals surface area contributed by atoms with Crippen LogP contribution in [0.2, 0.25) is 0 Å². The molecule has 1 aliphatic rings. The molecule has 0 aromatic heterocycles. The van der Waals surface area contributed by atoms with Crippen molar-refractivity contribution in [1.82, 2.24) is 4.90 Å². The van der Waals surface area contributed by atoms with Gasteiger partial charge in [0.15, 0.2) is 9.84 Å². The Morgan fingerprint density at radius 1 is 1.28 bits per heavy atom. The van der Waals surface area contributed by atoms with Gasteiger partial charge in [-0.15, -0.1) is 0 Å². The fraction of sp³-hybridized carbons (Fsp3) is 0.917. The summed E-state index contributed by atoms with van der Waals surface area (Å²) in [7, 11) is -2.93. The van der Waals surface area contributed by atoms with Gasteiger partial charge in [0.25, 0.3) is 0 Å². The van der Waals surface area contributed by atoms with Gasteiger partial charge in [-0.3, -0.25) is 4.79 Å². The normalized spacial score (nSPS) is 20.8. The van der Waals surface area contributed by atoms with Gasteiger partial charge in [0.2, 0.25) is 0 Å². The van der Waals surface area contributed by atoms with Crippen molar-refractivity contribution in [3.63, 3.8) is 0 Å². The van der Waals surface area contributed by atoms with Gasteiger partial charge < -0.3 is 10.0 Å². The maximum atomic E-state index is 11.6. The van der Waals surface area contributed by atoms with Crippen LogP contribution in [0.4, 0.5) is 0 Å². The number of nitrogens with zero attached hydrogens (tertiary/aromatic N) is 1. The van der Waals surface area contributed by atoms with Crippen LogP contribution >= 0.6 is 0 Å². The minimum Gasteiger partial charge on any atom is -0.481 e. The number of hydrogen-bond donors (Lipinski definition) is 1. The van der Waals surface area contributed by atoms with Crippen LogP contribution in [-0.4, -0.2) is 55.5 Å². The molecular formula is C12H23NO4S. The smallest absolute Gasteiger partial charge is 0.309 e. The Hall–Kier alpha value is -0.620. The summed E-state index contributed by atoms with van der Waals surface area (Å²) in [4.78, 5) is 13.1. The second-order valence-electron chi connectivity index (χ2n) is 5.36. The largest absolute Gasteiger partial charge is 0.481 e. The molecule has 5 nitrogen and oxygen atoms in total. The third kappa shape index (κ3) is 4.24. The molecule has 1 aliphatic heterocycles.